The predicted molar refractivity (Wildman–Crippen MR) is 159 cm³/mol. The van der Waals surface area contributed by atoms with E-state index in [1.165, 1.54) is 27.2 Å². The molecule has 0 spiro atoms. The molecule has 0 saturated carbocycles. The number of halogens is 9. The van der Waals surface area contributed by atoms with Gasteiger partial charge in [0, 0.05) is 18.9 Å². The van der Waals surface area contributed by atoms with Crippen molar-refractivity contribution in [2.75, 3.05) is 7.11 Å². The summed E-state index contributed by atoms with van der Waals surface area (Å²) in [5.41, 5.74) is -2.51. The summed E-state index contributed by atoms with van der Waals surface area (Å²) < 4.78 is 140. The smallest absolute Gasteiger partial charge is 0.391 e. The molecule has 18 heteroatoms. The molecule has 3 aromatic carbocycles. The van der Waals surface area contributed by atoms with Crippen molar-refractivity contribution in [2.24, 2.45) is 0 Å². The van der Waals surface area contributed by atoms with Crippen molar-refractivity contribution in [1.29, 1.82) is 0 Å². The largest absolute Gasteiger partial charge is 0.418 e. The molecule has 9 nitrogen and oxygen atoms in total. The number of aliphatic hydroxyl groups excluding tert-OH is 2. The van der Waals surface area contributed by atoms with Crippen molar-refractivity contribution in [3.05, 3.63) is 107 Å². The molecule has 1 aliphatic rings. The Morgan fingerprint density at radius 2 is 1.43 bits per heavy atom. The second kappa shape index (κ2) is 13.4. The lowest BCUT2D eigenvalue weighted by atomic mass is 9.89. The minimum absolute atomic E-state index is 0.0748. The molecule has 0 bridgehead atoms. The summed E-state index contributed by atoms with van der Waals surface area (Å²) in [6.45, 7) is 2.66. The molecule has 0 amide bonds. The number of rotatable bonds is 7. The standard InChI is InChI=1S/C33H26F9N5O4/c1-13(48)29-30(50-3)27(46-12-18(11-43-46)17-8-22(36)26(39)23(37)9-17)28(49)31(51-29)32-44-14(2)45-47(32)24-10-15(4-5-19(24)33(40,41)42)16-6-20(34)25(38)21(35)7-16/h4-13,27-31,48-49H,1-3H3/t13?,27?,28?,29?,30-,31-/m1/s1. The van der Waals surface area contributed by atoms with Crippen LogP contribution in [0, 0.1) is 41.8 Å². The van der Waals surface area contributed by atoms with Crippen LogP contribution >= 0.6 is 0 Å². The van der Waals surface area contributed by atoms with Gasteiger partial charge in [0.25, 0.3) is 0 Å². The Balaban J connectivity index is 1.48. The van der Waals surface area contributed by atoms with Crippen LogP contribution in [-0.4, -0.2) is 66.3 Å². The number of aromatic nitrogens is 5. The number of aliphatic hydroxyl groups is 2. The molecule has 270 valence electrons. The van der Waals surface area contributed by atoms with Gasteiger partial charge < -0.3 is 19.7 Å². The molecule has 4 unspecified atom stereocenters. The van der Waals surface area contributed by atoms with Crippen molar-refractivity contribution in [2.45, 2.75) is 56.6 Å². The van der Waals surface area contributed by atoms with Gasteiger partial charge in [-0.1, -0.05) is 6.07 Å². The maximum absolute atomic E-state index is 14.4. The third-order valence-electron chi connectivity index (χ3n) is 8.44. The Morgan fingerprint density at radius 1 is 0.863 bits per heavy atom. The molecule has 1 fully saturated rings. The van der Waals surface area contributed by atoms with Crippen LogP contribution in [0.4, 0.5) is 39.5 Å². The van der Waals surface area contributed by atoms with E-state index in [-0.39, 0.29) is 28.1 Å². The van der Waals surface area contributed by atoms with Crippen molar-refractivity contribution in [3.63, 3.8) is 0 Å². The van der Waals surface area contributed by atoms with E-state index in [2.05, 4.69) is 15.2 Å². The van der Waals surface area contributed by atoms with E-state index < -0.39 is 94.7 Å². The minimum atomic E-state index is -5.02. The minimum Gasteiger partial charge on any atom is -0.391 e. The van der Waals surface area contributed by atoms with Gasteiger partial charge in [0.15, 0.2) is 40.7 Å². The fraction of sp³-hybridized carbons (Fsp3) is 0.303. The zero-order chi connectivity index (χ0) is 37.1. The third kappa shape index (κ3) is 6.59. The zero-order valence-corrected chi connectivity index (χ0v) is 26.5. The molecule has 1 aliphatic heterocycles. The van der Waals surface area contributed by atoms with E-state index in [1.54, 1.807) is 0 Å². The quantitative estimate of drug-likeness (QED) is 0.148. The number of hydrogen-bond acceptors (Lipinski definition) is 7. The van der Waals surface area contributed by atoms with Crippen LogP contribution in [-0.2, 0) is 15.7 Å². The summed E-state index contributed by atoms with van der Waals surface area (Å²) >= 11 is 0. The number of nitrogens with zero attached hydrogens (tertiary/aromatic N) is 5. The van der Waals surface area contributed by atoms with E-state index in [0.717, 1.165) is 35.1 Å². The van der Waals surface area contributed by atoms with Crippen molar-refractivity contribution >= 4 is 0 Å². The molecular formula is C33H26F9N5O4. The third-order valence-corrected chi connectivity index (χ3v) is 8.44. The zero-order valence-electron chi connectivity index (χ0n) is 26.5. The Morgan fingerprint density at radius 3 is 1.96 bits per heavy atom. The second-order valence-corrected chi connectivity index (χ2v) is 11.8. The lowest BCUT2D eigenvalue weighted by Crippen LogP contribution is -2.56. The van der Waals surface area contributed by atoms with Gasteiger partial charge in [-0.05, 0) is 66.9 Å². The van der Waals surface area contributed by atoms with Crippen molar-refractivity contribution in [1.82, 2.24) is 24.5 Å². The first-order valence-corrected chi connectivity index (χ1v) is 15.0. The number of ether oxygens (including phenoxy) is 2. The number of benzene rings is 3. The maximum atomic E-state index is 14.4. The lowest BCUT2D eigenvalue weighted by molar-refractivity contribution is -0.230. The molecule has 6 rings (SSSR count). The first kappa shape index (κ1) is 36.0. The molecule has 2 N–H and O–H groups in total. The number of alkyl halides is 3. The summed E-state index contributed by atoms with van der Waals surface area (Å²) in [7, 11) is 1.23. The molecule has 0 radical (unpaired) electrons. The van der Waals surface area contributed by atoms with Crippen LogP contribution in [0.5, 0.6) is 0 Å². The van der Waals surface area contributed by atoms with Gasteiger partial charge in [-0.3, -0.25) is 4.68 Å². The van der Waals surface area contributed by atoms with E-state index in [0.29, 0.717) is 22.9 Å². The summed E-state index contributed by atoms with van der Waals surface area (Å²) in [5.74, 6) is -10.1. The van der Waals surface area contributed by atoms with Crippen LogP contribution in [0.25, 0.3) is 27.9 Å². The van der Waals surface area contributed by atoms with E-state index in [9.17, 15) is 49.7 Å². The Hall–Kier alpha value is -4.78. The molecule has 51 heavy (non-hydrogen) atoms. The van der Waals surface area contributed by atoms with Crippen LogP contribution in [0.15, 0.2) is 54.9 Å². The lowest BCUT2D eigenvalue weighted by Gasteiger charge is -2.45. The van der Waals surface area contributed by atoms with Gasteiger partial charge in [-0.15, -0.1) is 0 Å². The van der Waals surface area contributed by atoms with E-state index in [4.69, 9.17) is 9.47 Å². The van der Waals surface area contributed by atoms with Gasteiger partial charge >= 0.3 is 6.18 Å². The van der Waals surface area contributed by atoms with Gasteiger partial charge in [0.05, 0.1) is 23.6 Å². The molecular weight excluding hydrogens is 701 g/mol. The molecule has 5 aromatic rings. The summed E-state index contributed by atoms with van der Waals surface area (Å²) in [6.07, 6.45) is -9.89. The highest BCUT2D eigenvalue weighted by Crippen LogP contribution is 2.43. The highest BCUT2D eigenvalue weighted by molar-refractivity contribution is 5.68. The highest BCUT2D eigenvalue weighted by atomic mass is 19.4. The summed E-state index contributed by atoms with van der Waals surface area (Å²) in [4.78, 5) is 4.24. The first-order valence-electron chi connectivity index (χ1n) is 15.0. The number of hydrogen-bond donors (Lipinski definition) is 2. The number of aryl methyl sites for hydroxylation is 1. The van der Waals surface area contributed by atoms with Crippen LogP contribution in [0.1, 0.15) is 36.3 Å². The topological polar surface area (TPSA) is 107 Å². The summed E-state index contributed by atoms with van der Waals surface area (Å²) in [5, 5.41) is 30.8. The van der Waals surface area contributed by atoms with Crippen molar-refractivity contribution in [3.8, 4) is 27.9 Å². The molecule has 2 aromatic heterocycles. The maximum Gasteiger partial charge on any atom is 0.418 e. The van der Waals surface area contributed by atoms with Crippen molar-refractivity contribution < 1.29 is 59.2 Å². The average Bonchev–Trinajstić information content (AvgIpc) is 3.71. The summed E-state index contributed by atoms with van der Waals surface area (Å²) in [6, 6.07) is 3.78. The van der Waals surface area contributed by atoms with Gasteiger partial charge in [-0.25, -0.2) is 36.0 Å². The highest BCUT2D eigenvalue weighted by Gasteiger charge is 2.51. The van der Waals surface area contributed by atoms with E-state index >= 15 is 0 Å². The normalized spacial score (nSPS) is 21.6. The van der Waals surface area contributed by atoms with Gasteiger partial charge in [0.2, 0.25) is 0 Å². The Labute approximate surface area is 282 Å². The van der Waals surface area contributed by atoms with Gasteiger partial charge in [-0.2, -0.15) is 23.4 Å². The second-order valence-electron chi connectivity index (χ2n) is 11.8. The average molecular weight is 728 g/mol. The van der Waals surface area contributed by atoms with E-state index in [1.807, 2.05) is 0 Å². The molecule has 0 aliphatic carbocycles. The Bertz CT molecular complexity index is 2060. The molecule has 1 saturated heterocycles. The van der Waals surface area contributed by atoms with Crippen LogP contribution in [0.3, 0.4) is 0 Å². The monoisotopic (exact) mass is 727 g/mol. The fourth-order valence-corrected chi connectivity index (χ4v) is 6.09. The Kier molecular flexibility index (Phi) is 9.47. The van der Waals surface area contributed by atoms with Crippen LogP contribution < -0.4 is 0 Å². The van der Waals surface area contributed by atoms with Gasteiger partial charge in [0.1, 0.15) is 36.3 Å². The number of methoxy groups -OCH3 is 1. The first-order chi connectivity index (χ1) is 24.0. The predicted octanol–water partition coefficient (Wildman–Crippen LogP) is 6.40. The van der Waals surface area contributed by atoms with Crippen LogP contribution in [0.2, 0.25) is 0 Å². The SMILES string of the molecule is CO[C@H]1C(C(C)O)O[C@@H](c2nc(C)nn2-c2cc(-c3cc(F)c(F)c(F)c3)ccc2C(F)(F)F)C(O)C1n1cc(-c2cc(F)c(F)c(F)c2)cn1. The molecule has 3 heterocycles. The fourth-order valence-electron chi connectivity index (χ4n) is 6.09. The molecule has 6 atom stereocenters.